The second kappa shape index (κ2) is 6.16. The van der Waals surface area contributed by atoms with Gasteiger partial charge in [0.25, 0.3) is 0 Å². The number of halogens is 1. The molecule has 1 aromatic carbocycles. The van der Waals surface area contributed by atoms with Gasteiger partial charge in [-0.2, -0.15) is 0 Å². The summed E-state index contributed by atoms with van der Waals surface area (Å²) in [7, 11) is 0. The van der Waals surface area contributed by atoms with E-state index in [9.17, 15) is 9.59 Å². The van der Waals surface area contributed by atoms with Crippen molar-refractivity contribution < 1.29 is 14.3 Å². The molecule has 0 radical (unpaired) electrons. The highest BCUT2D eigenvalue weighted by atomic mass is 79.9. The number of hydrogen-bond acceptors (Lipinski definition) is 4. The molecule has 0 saturated carbocycles. The lowest BCUT2D eigenvalue weighted by molar-refractivity contribution is -0.120. The molecule has 0 unspecified atom stereocenters. The standard InChI is InChI=1S/C13H17BrN2O3/c1-4-19-11(17)8-5-6-10(9(14)7-8)16-12(18)13(2,3)15/h5-7H,4,15H2,1-3H3,(H,16,18). The van der Waals surface area contributed by atoms with E-state index in [1.165, 1.54) is 0 Å². The van der Waals surface area contributed by atoms with Gasteiger partial charge in [0, 0.05) is 4.47 Å². The van der Waals surface area contributed by atoms with Crippen LogP contribution in [-0.2, 0) is 9.53 Å². The van der Waals surface area contributed by atoms with Crippen molar-refractivity contribution in [2.75, 3.05) is 11.9 Å². The first-order chi connectivity index (χ1) is 8.75. The van der Waals surface area contributed by atoms with Gasteiger partial charge in [-0.1, -0.05) is 0 Å². The van der Waals surface area contributed by atoms with E-state index in [0.29, 0.717) is 22.3 Å². The molecule has 1 amide bonds. The Bertz CT molecular complexity index is 495. The van der Waals surface area contributed by atoms with E-state index in [-0.39, 0.29) is 5.91 Å². The summed E-state index contributed by atoms with van der Waals surface area (Å²) in [5, 5.41) is 2.69. The van der Waals surface area contributed by atoms with Crippen molar-refractivity contribution in [3.63, 3.8) is 0 Å². The number of ether oxygens (including phenoxy) is 1. The topological polar surface area (TPSA) is 81.4 Å². The fraction of sp³-hybridized carbons (Fsp3) is 0.385. The number of nitrogens with two attached hydrogens (primary N) is 1. The highest BCUT2D eigenvalue weighted by Crippen LogP contribution is 2.24. The zero-order chi connectivity index (χ0) is 14.6. The summed E-state index contributed by atoms with van der Waals surface area (Å²) < 4.78 is 5.48. The number of esters is 1. The van der Waals surface area contributed by atoms with Gasteiger partial charge in [-0.05, 0) is 54.9 Å². The first-order valence-electron chi connectivity index (χ1n) is 5.82. The average Bonchev–Trinajstić information content (AvgIpc) is 2.30. The van der Waals surface area contributed by atoms with Crippen LogP contribution >= 0.6 is 15.9 Å². The molecule has 0 aromatic heterocycles. The van der Waals surface area contributed by atoms with Crippen LogP contribution in [0.1, 0.15) is 31.1 Å². The first-order valence-corrected chi connectivity index (χ1v) is 6.62. The van der Waals surface area contributed by atoms with Crippen LogP contribution in [0.3, 0.4) is 0 Å². The summed E-state index contributed by atoms with van der Waals surface area (Å²) in [6.07, 6.45) is 0. The molecule has 0 atom stereocenters. The Balaban J connectivity index is 2.89. The average molecular weight is 329 g/mol. The Morgan fingerprint density at radius 3 is 2.53 bits per heavy atom. The molecule has 5 nitrogen and oxygen atoms in total. The van der Waals surface area contributed by atoms with Crippen LogP contribution in [0.2, 0.25) is 0 Å². The van der Waals surface area contributed by atoms with Gasteiger partial charge >= 0.3 is 5.97 Å². The number of benzene rings is 1. The molecule has 0 saturated heterocycles. The van der Waals surface area contributed by atoms with E-state index >= 15 is 0 Å². The minimum atomic E-state index is -0.973. The molecule has 0 fully saturated rings. The highest BCUT2D eigenvalue weighted by molar-refractivity contribution is 9.10. The Labute approximate surface area is 120 Å². The van der Waals surface area contributed by atoms with Gasteiger partial charge in [0.2, 0.25) is 5.91 Å². The van der Waals surface area contributed by atoms with Crippen LogP contribution in [0.4, 0.5) is 5.69 Å². The molecule has 3 N–H and O–H groups in total. The monoisotopic (exact) mass is 328 g/mol. The van der Waals surface area contributed by atoms with Crippen LogP contribution in [0, 0.1) is 0 Å². The molecule has 0 spiro atoms. The lowest BCUT2D eigenvalue weighted by Gasteiger charge is -2.18. The second-order valence-electron chi connectivity index (χ2n) is 4.59. The van der Waals surface area contributed by atoms with E-state index in [0.717, 1.165) is 0 Å². The molecule has 0 bridgehead atoms. The lowest BCUT2D eigenvalue weighted by atomic mass is 10.1. The fourth-order valence-electron chi connectivity index (χ4n) is 1.24. The number of nitrogens with one attached hydrogen (secondary N) is 1. The maximum atomic E-state index is 11.8. The zero-order valence-corrected chi connectivity index (χ0v) is 12.7. The Morgan fingerprint density at radius 2 is 2.05 bits per heavy atom. The Hall–Kier alpha value is -1.40. The molecule has 0 aliphatic rings. The highest BCUT2D eigenvalue weighted by Gasteiger charge is 2.22. The van der Waals surface area contributed by atoms with Gasteiger partial charge < -0.3 is 15.8 Å². The van der Waals surface area contributed by atoms with Crippen LogP contribution < -0.4 is 11.1 Å². The third-order valence-corrected chi connectivity index (χ3v) is 2.97. The summed E-state index contributed by atoms with van der Waals surface area (Å²) in [5.41, 5.74) is 5.69. The van der Waals surface area contributed by atoms with Crippen molar-refractivity contribution in [3.05, 3.63) is 28.2 Å². The van der Waals surface area contributed by atoms with Gasteiger partial charge in [0.05, 0.1) is 23.4 Å². The van der Waals surface area contributed by atoms with Crippen LogP contribution in [0.25, 0.3) is 0 Å². The summed E-state index contributed by atoms with van der Waals surface area (Å²) >= 11 is 3.30. The van der Waals surface area contributed by atoms with Crippen LogP contribution in [-0.4, -0.2) is 24.0 Å². The van der Waals surface area contributed by atoms with Gasteiger partial charge in [0.15, 0.2) is 0 Å². The van der Waals surface area contributed by atoms with Gasteiger partial charge in [-0.25, -0.2) is 4.79 Å². The summed E-state index contributed by atoms with van der Waals surface area (Å²) in [6.45, 7) is 5.29. The predicted octanol–water partition coefficient (Wildman–Crippen LogP) is 2.30. The van der Waals surface area contributed by atoms with E-state index in [1.54, 1.807) is 39.0 Å². The number of carbonyl (C=O) groups excluding carboxylic acids is 2. The smallest absolute Gasteiger partial charge is 0.338 e. The van der Waals surface area contributed by atoms with E-state index in [1.807, 2.05) is 0 Å². The number of anilines is 1. The number of carbonyl (C=O) groups is 2. The van der Waals surface area contributed by atoms with Crippen molar-refractivity contribution in [2.45, 2.75) is 26.3 Å². The molecule has 1 aromatic rings. The normalized spacial score (nSPS) is 11.0. The maximum Gasteiger partial charge on any atom is 0.338 e. The third-order valence-electron chi connectivity index (χ3n) is 2.31. The van der Waals surface area contributed by atoms with Crippen molar-refractivity contribution >= 4 is 33.5 Å². The zero-order valence-electron chi connectivity index (χ0n) is 11.1. The van der Waals surface area contributed by atoms with Crippen LogP contribution in [0.5, 0.6) is 0 Å². The Kier molecular flexibility index (Phi) is 5.08. The SMILES string of the molecule is CCOC(=O)c1ccc(NC(=O)C(C)(C)N)c(Br)c1. The van der Waals surface area contributed by atoms with Crippen molar-refractivity contribution in [2.24, 2.45) is 5.73 Å². The summed E-state index contributed by atoms with van der Waals surface area (Å²) in [4.78, 5) is 23.3. The fourth-order valence-corrected chi connectivity index (χ4v) is 1.72. The maximum absolute atomic E-state index is 11.8. The second-order valence-corrected chi connectivity index (χ2v) is 5.45. The molecular weight excluding hydrogens is 312 g/mol. The Morgan fingerprint density at radius 1 is 1.42 bits per heavy atom. The minimum absolute atomic E-state index is 0.308. The quantitative estimate of drug-likeness (QED) is 0.831. The van der Waals surface area contributed by atoms with Crippen molar-refractivity contribution in [1.82, 2.24) is 0 Å². The first kappa shape index (κ1) is 15.7. The van der Waals surface area contributed by atoms with Gasteiger partial charge in [-0.15, -0.1) is 0 Å². The summed E-state index contributed by atoms with van der Waals surface area (Å²) in [5.74, 6) is -0.711. The molecule has 0 heterocycles. The minimum Gasteiger partial charge on any atom is -0.462 e. The molecule has 0 aliphatic carbocycles. The van der Waals surface area contributed by atoms with Gasteiger partial charge in [-0.3, -0.25) is 4.79 Å². The third kappa shape index (κ3) is 4.33. The lowest BCUT2D eigenvalue weighted by Crippen LogP contribution is -2.45. The number of amides is 1. The molecular formula is C13H17BrN2O3. The molecule has 19 heavy (non-hydrogen) atoms. The molecule has 104 valence electrons. The summed E-state index contributed by atoms with van der Waals surface area (Å²) in [6, 6.07) is 4.80. The number of rotatable bonds is 4. The van der Waals surface area contributed by atoms with E-state index in [2.05, 4.69) is 21.2 Å². The largest absolute Gasteiger partial charge is 0.462 e. The number of hydrogen-bond donors (Lipinski definition) is 2. The molecule has 0 aliphatic heterocycles. The predicted molar refractivity (Wildman–Crippen MR) is 77.0 cm³/mol. The van der Waals surface area contributed by atoms with Crippen LogP contribution in [0.15, 0.2) is 22.7 Å². The van der Waals surface area contributed by atoms with Gasteiger partial charge in [0.1, 0.15) is 0 Å². The van der Waals surface area contributed by atoms with E-state index < -0.39 is 11.5 Å². The van der Waals surface area contributed by atoms with Crippen molar-refractivity contribution in [3.8, 4) is 0 Å². The molecule has 1 rings (SSSR count). The van der Waals surface area contributed by atoms with E-state index in [4.69, 9.17) is 10.5 Å². The molecule has 6 heteroatoms. The van der Waals surface area contributed by atoms with Crippen molar-refractivity contribution in [1.29, 1.82) is 0 Å².